The predicted molar refractivity (Wildman–Crippen MR) is 123 cm³/mol. The largest absolute Gasteiger partial charge is 0.480 e. The monoisotopic (exact) mass is 445 g/mol. The molecule has 0 spiro atoms. The van der Waals surface area contributed by atoms with Gasteiger partial charge in [0.1, 0.15) is 12.6 Å². The number of carbonyl (C=O) groups excluding carboxylic acids is 2. The summed E-state index contributed by atoms with van der Waals surface area (Å²) in [5.74, 6) is -1.29. The Balaban J connectivity index is 1.39. The molecular weight excluding hydrogens is 422 g/mol. The van der Waals surface area contributed by atoms with E-state index in [1.54, 1.807) is 24.3 Å². The standard InChI is InChI=1S/C25H23N3O5/c26-24(31)27-16-11-9-15(10-12-16)13-22(23(29)30)28-25(32)33-14-21-19-7-3-1-5-17(19)18-6-2-4-8-20(18)21/h1-12,21-22H,13-14H2,(H,28,32)(H,29,30)(H3,26,27,31). The molecule has 0 aliphatic heterocycles. The molecule has 3 amide bonds. The highest BCUT2D eigenvalue weighted by Gasteiger charge is 2.29. The number of hydrogen-bond acceptors (Lipinski definition) is 4. The van der Waals surface area contributed by atoms with Crippen LogP contribution in [-0.4, -0.2) is 35.8 Å². The number of aliphatic carboxylic acids is 1. The Hall–Kier alpha value is -4.33. The number of amides is 3. The van der Waals surface area contributed by atoms with Gasteiger partial charge in [-0.05, 0) is 39.9 Å². The van der Waals surface area contributed by atoms with E-state index in [0.29, 0.717) is 11.3 Å². The summed E-state index contributed by atoms with van der Waals surface area (Å²) in [6.07, 6.45) is -0.743. The number of fused-ring (bicyclic) bond motifs is 3. The molecule has 0 heterocycles. The molecular formula is C25H23N3O5. The molecule has 3 aromatic rings. The van der Waals surface area contributed by atoms with Crippen molar-refractivity contribution in [3.8, 4) is 11.1 Å². The van der Waals surface area contributed by atoms with Gasteiger partial charge in [-0.15, -0.1) is 0 Å². The maximum atomic E-state index is 12.4. The van der Waals surface area contributed by atoms with Crippen LogP contribution in [0.3, 0.4) is 0 Å². The molecule has 1 aliphatic carbocycles. The summed E-state index contributed by atoms with van der Waals surface area (Å²) in [6.45, 7) is 0.0969. The van der Waals surface area contributed by atoms with Crippen molar-refractivity contribution in [3.05, 3.63) is 89.5 Å². The smallest absolute Gasteiger partial charge is 0.407 e. The van der Waals surface area contributed by atoms with Gasteiger partial charge in [-0.3, -0.25) is 0 Å². The van der Waals surface area contributed by atoms with Crippen LogP contribution in [0.5, 0.6) is 0 Å². The number of carboxylic acids is 1. The molecule has 8 nitrogen and oxygen atoms in total. The molecule has 0 radical (unpaired) electrons. The van der Waals surface area contributed by atoms with Crippen LogP contribution in [-0.2, 0) is 16.0 Å². The van der Waals surface area contributed by atoms with Crippen LogP contribution in [0.1, 0.15) is 22.6 Å². The summed E-state index contributed by atoms with van der Waals surface area (Å²) < 4.78 is 5.45. The third-order valence-electron chi connectivity index (χ3n) is 5.60. The van der Waals surface area contributed by atoms with Crippen molar-refractivity contribution in [3.63, 3.8) is 0 Å². The first-order valence-electron chi connectivity index (χ1n) is 10.4. The van der Waals surface area contributed by atoms with E-state index in [1.807, 2.05) is 48.5 Å². The zero-order valence-electron chi connectivity index (χ0n) is 17.7. The maximum Gasteiger partial charge on any atom is 0.407 e. The van der Waals surface area contributed by atoms with Gasteiger partial charge in [-0.25, -0.2) is 14.4 Å². The second kappa shape index (κ2) is 9.44. The van der Waals surface area contributed by atoms with Gasteiger partial charge in [0.05, 0.1) is 0 Å². The third kappa shape index (κ3) is 4.95. The molecule has 1 atom stereocenters. The number of ether oxygens (including phenoxy) is 1. The fourth-order valence-corrected chi connectivity index (χ4v) is 4.08. The fourth-order valence-electron chi connectivity index (χ4n) is 4.08. The van der Waals surface area contributed by atoms with E-state index in [-0.39, 0.29) is 18.9 Å². The molecule has 1 unspecified atom stereocenters. The zero-order chi connectivity index (χ0) is 23.4. The molecule has 0 bridgehead atoms. The van der Waals surface area contributed by atoms with Gasteiger partial charge in [0.15, 0.2) is 0 Å². The lowest BCUT2D eigenvalue weighted by atomic mass is 9.98. The van der Waals surface area contributed by atoms with Crippen molar-refractivity contribution in [2.24, 2.45) is 5.73 Å². The van der Waals surface area contributed by atoms with E-state index in [9.17, 15) is 19.5 Å². The minimum absolute atomic E-state index is 0.0520. The number of nitrogens with one attached hydrogen (secondary N) is 2. The average molecular weight is 445 g/mol. The summed E-state index contributed by atoms with van der Waals surface area (Å²) in [5.41, 5.74) is 10.6. The first-order valence-corrected chi connectivity index (χ1v) is 10.4. The van der Waals surface area contributed by atoms with E-state index in [4.69, 9.17) is 10.5 Å². The molecule has 8 heteroatoms. The Labute approximate surface area is 190 Å². The van der Waals surface area contributed by atoms with E-state index in [2.05, 4.69) is 10.6 Å². The molecule has 33 heavy (non-hydrogen) atoms. The summed E-state index contributed by atoms with van der Waals surface area (Å²) in [5, 5.41) is 14.4. The van der Waals surface area contributed by atoms with Crippen LogP contribution in [0.15, 0.2) is 72.8 Å². The Morgan fingerprint density at radius 1 is 0.909 bits per heavy atom. The van der Waals surface area contributed by atoms with Crippen LogP contribution < -0.4 is 16.4 Å². The first kappa shape index (κ1) is 21.9. The molecule has 0 saturated heterocycles. The Morgan fingerprint density at radius 3 is 2.03 bits per heavy atom. The summed E-state index contributed by atoms with van der Waals surface area (Å²) in [6, 6.07) is 20.6. The normalized spacial score (nSPS) is 12.8. The van der Waals surface area contributed by atoms with Crippen molar-refractivity contribution in [1.82, 2.24) is 5.32 Å². The maximum absolute atomic E-state index is 12.4. The number of urea groups is 1. The first-order chi connectivity index (χ1) is 15.9. The highest BCUT2D eigenvalue weighted by Crippen LogP contribution is 2.44. The van der Waals surface area contributed by atoms with Gasteiger partial charge in [-0.1, -0.05) is 60.7 Å². The van der Waals surface area contributed by atoms with Crippen molar-refractivity contribution in [1.29, 1.82) is 0 Å². The molecule has 0 fully saturated rings. The van der Waals surface area contributed by atoms with E-state index in [1.165, 1.54) is 0 Å². The number of carbonyl (C=O) groups is 3. The zero-order valence-corrected chi connectivity index (χ0v) is 17.7. The van der Waals surface area contributed by atoms with Gasteiger partial charge >= 0.3 is 18.1 Å². The van der Waals surface area contributed by atoms with Gasteiger partial charge in [0.25, 0.3) is 0 Å². The van der Waals surface area contributed by atoms with Crippen LogP contribution in [0.25, 0.3) is 11.1 Å². The number of anilines is 1. The summed E-state index contributed by atoms with van der Waals surface area (Å²) >= 11 is 0. The Kier molecular flexibility index (Phi) is 6.26. The van der Waals surface area contributed by atoms with Crippen molar-refractivity contribution >= 4 is 23.8 Å². The highest BCUT2D eigenvalue weighted by atomic mass is 16.5. The second-order valence-electron chi connectivity index (χ2n) is 7.75. The Bertz CT molecular complexity index is 1150. The van der Waals surface area contributed by atoms with Crippen LogP contribution in [0.4, 0.5) is 15.3 Å². The summed E-state index contributed by atoms with van der Waals surface area (Å²) in [4.78, 5) is 35.0. The van der Waals surface area contributed by atoms with Gasteiger partial charge in [0.2, 0.25) is 0 Å². The molecule has 4 rings (SSSR count). The van der Waals surface area contributed by atoms with E-state index >= 15 is 0 Å². The van der Waals surface area contributed by atoms with Crippen molar-refractivity contribution in [2.75, 3.05) is 11.9 Å². The molecule has 1 aliphatic rings. The van der Waals surface area contributed by atoms with Crippen LogP contribution in [0.2, 0.25) is 0 Å². The SMILES string of the molecule is NC(=O)Nc1ccc(CC(NC(=O)OCC2c3ccccc3-c3ccccc32)C(=O)O)cc1. The minimum Gasteiger partial charge on any atom is -0.480 e. The molecule has 0 aromatic heterocycles. The second-order valence-corrected chi connectivity index (χ2v) is 7.75. The Morgan fingerprint density at radius 2 is 1.48 bits per heavy atom. The lowest BCUT2D eigenvalue weighted by Crippen LogP contribution is -2.42. The van der Waals surface area contributed by atoms with E-state index in [0.717, 1.165) is 22.3 Å². The number of alkyl carbamates (subject to hydrolysis) is 1. The number of nitrogens with two attached hydrogens (primary N) is 1. The number of primary amides is 1. The average Bonchev–Trinajstić information content (AvgIpc) is 3.12. The fraction of sp³-hybridized carbons (Fsp3) is 0.160. The minimum atomic E-state index is -1.18. The quantitative estimate of drug-likeness (QED) is 0.440. The lowest BCUT2D eigenvalue weighted by Gasteiger charge is -2.17. The highest BCUT2D eigenvalue weighted by molar-refractivity contribution is 5.87. The molecule has 0 saturated carbocycles. The lowest BCUT2D eigenvalue weighted by molar-refractivity contribution is -0.139. The topological polar surface area (TPSA) is 131 Å². The number of benzene rings is 3. The number of hydrogen-bond donors (Lipinski definition) is 4. The molecule has 5 N–H and O–H groups in total. The third-order valence-corrected chi connectivity index (χ3v) is 5.60. The van der Waals surface area contributed by atoms with Gasteiger partial charge < -0.3 is 26.2 Å². The van der Waals surface area contributed by atoms with Crippen LogP contribution >= 0.6 is 0 Å². The summed E-state index contributed by atoms with van der Waals surface area (Å²) in [7, 11) is 0. The number of rotatable bonds is 7. The number of carboxylic acid groups (broad SMARTS) is 1. The molecule has 168 valence electrons. The molecule has 3 aromatic carbocycles. The van der Waals surface area contributed by atoms with Gasteiger partial charge in [0, 0.05) is 18.0 Å². The predicted octanol–water partition coefficient (Wildman–Crippen LogP) is 3.71. The van der Waals surface area contributed by atoms with Crippen molar-refractivity contribution in [2.45, 2.75) is 18.4 Å². The van der Waals surface area contributed by atoms with Crippen molar-refractivity contribution < 1.29 is 24.2 Å². The van der Waals surface area contributed by atoms with Gasteiger partial charge in [-0.2, -0.15) is 0 Å². The van der Waals surface area contributed by atoms with E-state index < -0.39 is 24.1 Å². The van der Waals surface area contributed by atoms with Crippen LogP contribution in [0, 0.1) is 0 Å².